The van der Waals surface area contributed by atoms with Crippen LogP contribution in [0.1, 0.15) is 36.9 Å². The Bertz CT molecular complexity index is 613. The third-order valence-corrected chi connectivity index (χ3v) is 3.47. The van der Waals surface area contributed by atoms with Crippen molar-refractivity contribution in [2.75, 3.05) is 11.4 Å². The van der Waals surface area contributed by atoms with E-state index in [1.165, 1.54) is 6.07 Å². The van der Waals surface area contributed by atoms with Crippen molar-refractivity contribution < 1.29 is 9.50 Å². The molecule has 0 amide bonds. The van der Waals surface area contributed by atoms with E-state index < -0.39 is 6.10 Å². The largest absolute Gasteiger partial charge is 0.389 e. The topological polar surface area (TPSA) is 36.4 Å². The molecule has 0 saturated carbocycles. The maximum Gasteiger partial charge on any atom is 0.131 e. The molecule has 0 bridgehead atoms. The molecule has 0 unspecified atom stereocenters. The van der Waals surface area contributed by atoms with Crippen LogP contribution in [0.2, 0.25) is 0 Å². The van der Waals surface area contributed by atoms with E-state index in [0.29, 0.717) is 18.7 Å². The fourth-order valence-corrected chi connectivity index (χ4v) is 2.47. The van der Waals surface area contributed by atoms with Gasteiger partial charge in [-0.25, -0.2) is 4.39 Å². The van der Waals surface area contributed by atoms with E-state index >= 15 is 0 Å². The Hall–Kier alpha value is -1.94. The number of aryl methyl sites for hydroxylation is 1. The minimum atomic E-state index is -0.847. The third kappa shape index (κ3) is 3.58. The highest BCUT2D eigenvalue weighted by atomic mass is 19.1. The van der Waals surface area contributed by atoms with Gasteiger partial charge in [0.2, 0.25) is 0 Å². The van der Waals surface area contributed by atoms with Crippen LogP contribution in [0, 0.1) is 12.7 Å². The number of halogens is 1. The monoisotopic (exact) mass is 288 g/mol. The van der Waals surface area contributed by atoms with Crippen LogP contribution in [0.3, 0.4) is 0 Å². The van der Waals surface area contributed by atoms with Crippen LogP contribution >= 0.6 is 0 Å². The second-order valence-electron chi connectivity index (χ2n) is 5.13. The van der Waals surface area contributed by atoms with Crippen molar-refractivity contribution in [2.45, 2.75) is 33.4 Å². The van der Waals surface area contributed by atoms with Gasteiger partial charge in [-0.2, -0.15) is 0 Å². The molecule has 3 nitrogen and oxygen atoms in total. The van der Waals surface area contributed by atoms with E-state index in [-0.39, 0.29) is 5.82 Å². The smallest absolute Gasteiger partial charge is 0.131 e. The third-order valence-electron chi connectivity index (χ3n) is 3.47. The molecule has 1 aromatic carbocycles. The predicted octanol–water partition coefficient (Wildman–Crippen LogP) is 3.61. The lowest BCUT2D eigenvalue weighted by Crippen LogP contribution is -2.24. The summed E-state index contributed by atoms with van der Waals surface area (Å²) >= 11 is 0. The number of hydrogen-bond acceptors (Lipinski definition) is 3. The van der Waals surface area contributed by atoms with Gasteiger partial charge in [-0.3, -0.25) is 4.98 Å². The van der Waals surface area contributed by atoms with Crippen LogP contribution in [0.5, 0.6) is 0 Å². The average Bonchev–Trinajstić information content (AvgIpc) is 2.44. The molecule has 1 heterocycles. The molecule has 1 atom stereocenters. The molecule has 2 rings (SSSR count). The highest BCUT2D eigenvalue weighted by Gasteiger charge is 2.18. The van der Waals surface area contributed by atoms with Crippen LogP contribution < -0.4 is 4.90 Å². The zero-order valence-corrected chi connectivity index (χ0v) is 12.7. The zero-order chi connectivity index (χ0) is 15.4. The molecule has 4 heteroatoms. The lowest BCUT2D eigenvalue weighted by atomic mass is 10.1. The first-order chi connectivity index (χ1) is 10.0. The first-order valence-electron chi connectivity index (χ1n) is 7.17. The molecule has 112 valence electrons. The number of rotatable bonds is 5. The maximum absolute atomic E-state index is 14.0. The van der Waals surface area contributed by atoms with E-state index in [1.54, 1.807) is 13.0 Å². The maximum atomic E-state index is 14.0. The summed E-state index contributed by atoms with van der Waals surface area (Å²) < 4.78 is 14.0. The standard InChI is InChI=1S/C17H21FN2O/c1-4-20(11-14-8-5-7-12(2)19-14)16-10-6-9-15(18)17(16)13(3)21/h5-10,13,21H,4,11H2,1-3H3/t13-/m1/s1. The molecule has 0 radical (unpaired) electrons. The van der Waals surface area contributed by atoms with E-state index in [9.17, 15) is 9.50 Å². The van der Waals surface area contributed by atoms with E-state index in [4.69, 9.17) is 0 Å². The van der Waals surface area contributed by atoms with Gasteiger partial charge in [-0.05, 0) is 45.0 Å². The molecule has 0 aliphatic heterocycles. The Morgan fingerprint density at radius 3 is 2.57 bits per heavy atom. The van der Waals surface area contributed by atoms with Gasteiger partial charge in [0.25, 0.3) is 0 Å². The fraction of sp³-hybridized carbons (Fsp3) is 0.353. The van der Waals surface area contributed by atoms with Crippen molar-refractivity contribution in [3.63, 3.8) is 0 Å². The van der Waals surface area contributed by atoms with Crippen molar-refractivity contribution >= 4 is 5.69 Å². The number of aliphatic hydroxyl groups is 1. The number of benzene rings is 1. The van der Waals surface area contributed by atoms with Gasteiger partial charge in [0.1, 0.15) is 5.82 Å². The molecule has 21 heavy (non-hydrogen) atoms. The summed E-state index contributed by atoms with van der Waals surface area (Å²) in [5.41, 5.74) is 2.94. The molecule has 0 spiro atoms. The Kier molecular flexibility index (Phi) is 4.91. The van der Waals surface area contributed by atoms with Crippen LogP contribution in [0.15, 0.2) is 36.4 Å². The number of aromatic nitrogens is 1. The Balaban J connectivity index is 2.36. The summed E-state index contributed by atoms with van der Waals surface area (Å²) in [4.78, 5) is 6.51. The van der Waals surface area contributed by atoms with Crippen LogP contribution in [-0.2, 0) is 6.54 Å². The van der Waals surface area contributed by atoms with Crippen molar-refractivity contribution in [3.8, 4) is 0 Å². The summed E-state index contributed by atoms with van der Waals surface area (Å²) in [6, 6.07) is 10.8. The van der Waals surface area contributed by atoms with Crippen molar-refractivity contribution in [1.82, 2.24) is 4.98 Å². The summed E-state index contributed by atoms with van der Waals surface area (Å²) in [5.74, 6) is -0.377. The van der Waals surface area contributed by atoms with Gasteiger partial charge in [0, 0.05) is 23.5 Å². The highest BCUT2D eigenvalue weighted by molar-refractivity contribution is 5.55. The number of hydrogen-bond donors (Lipinski definition) is 1. The molecular formula is C17H21FN2O. The van der Waals surface area contributed by atoms with E-state index in [0.717, 1.165) is 17.1 Å². The molecule has 0 saturated heterocycles. The average molecular weight is 288 g/mol. The summed E-state index contributed by atoms with van der Waals surface area (Å²) in [6.07, 6.45) is -0.847. The van der Waals surface area contributed by atoms with Crippen molar-refractivity contribution in [3.05, 3.63) is 59.2 Å². The normalized spacial score (nSPS) is 12.2. The first-order valence-corrected chi connectivity index (χ1v) is 7.17. The number of aliphatic hydroxyl groups excluding tert-OH is 1. The van der Waals surface area contributed by atoms with Gasteiger partial charge in [0.05, 0.1) is 18.3 Å². The SMILES string of the molecule is CCN(Cc1cccc(C)n1)c1cccc(F)c1[C@@H](C)O. The second-order valence-corrected chi connectivity index (χ2v) is 5.13. The predicted molar refractivity (Wildman–Crippen MR) is 82.7 cm³/mol. The van der Waals surface area contributed by atoms with Crippen molar-refractivity contribution in [2.24, 2.45) is 0 Å². The minimum absolute atomic E-state index is 0.340. The molecule has 0 aliphatic rings. The van der Waals surface area contributed by atoms with Crippen molar-refractivity contribution in [1.29, 1.82) is 0 Å². The summed E-state index contributed by atoms with van der Waals surface area (Å²) in [6.45, 7) is 6.83. The first kappa shape index (κ1) is 15.4. The molecule has 1 aromatic heterocycles. The Morgan fingerprint density at radius 2 is 1.95 bits per heavy atom. The lowest BCUT2D eigenvalue weighted by molar-refractivity contribution is 0.194. The quantitative estimate of drug-likeness (QED) is 0.913. The Labute approximate surface area is 125 Å². The second kappa shape index (κ2) is 6.68. The summed E-state index contributed by atoms with van der Waals surface area (Å²) in [5, 5.41) is 9.86. The van der Waals surface area contributed by atoms with E-state index in [1.807, 2.05) is 43.0 Å². The van der Waals surface area contributed by atoms with Gasteiger partial charge in [-0.15, -0.1) is 0 Å². The van der Waals surface area contributed by atoms with Gasteiger partial charge >= 0.3 is 0 Å². The molecule has 2 aromatic rings. The molecular weight excluding hydrogens is 267 g/mol. The van der Waals surface area contributed by atoms with E-state index in [2.05, 4.69) is 4.98 Å². The van der Waals surface area contributed by atoms with Gasteiger partial charge < -0.3 is 10.0 Å². The number of pyridine rings is 1. The van der Waals surface area contributed by atoms with Gasteiger partial charge in [0.15, 0.2) is 0 Å². The lowest BCUT2D eigenvalue weighted by Gasteiger charge is -2.26. The van der Waals surface area contributed by atoms with Crippen LogP contribution in [-0.4, -0.2) is 16.6 Å². The Morgan fingerprint density at radius 1 is 1.24 bits per heavy atom. The van der Waals surface area contributed by atoms with Crippen LogP contribution in [0.25, 0.3) is 0 Å². The minimum Gasteiger partial charge on any atom is -0.389 e. The fourth-order valence-electron chi connectivity index (χ4n) is 2.47. The summed E-state index contributed by atoms with van der Waals surface area (Å²) in [7, 11) is 0. The highest BCUT2D eigenvalue weighted by Crippen LogP contribution is 2.29. The van der Waals surface area contributed by atoms with Gasteiger partial charge in [-0.1, -0.05) is 12.1 Å². The number of nitrogens with zero attached hydrogens (tertiary/aromatic N) is 2. The molecule has 0 aliphatic carbocycles. The van der Waals surface area contributed by atoms with Crippen LogP contribution in [0.4, 0.5) is 10.1 Å². The molecule has 1 N–H and O–H groups in total. The molecule has 0 fully saturated rings. The number of anilines is 1. The zero-order valence-electron chi connectivity index (χ0n) is 12.7.